The Hall–Kier alpha value is -2.19. The fraction of sp³-hybridized carbons (Fsp3) is 0.312. The molecule has 24 heavy (non-hydrogen) atoms. The van der Waals surface area contributed by atoms with Crippen LogP contribution >= 0.6 is 23.6 Å². The third-order valence-electron chi connectivity index (χ3n) is 4.22. The second-order valence-electron chi connectivity index (χ2n) is 5.76. The van der Waals surface area contributed by atoms with E-state index in [9.17, 15) is 9.59 Å². The molecule has 0 saturated heterocycles. The SMILES string of the molecule is O=C(Nn1c(=S)[nH]c2sc3c(c2c1=O)CCCCC3)c1ccco1. The Kier molecular flexibility index (Phi) is 3.85. The van der Waals surface area contributed by atoms with Gasteiger partial charge < -0.3 is 9.40 Å². The van der Waals surface area contributed by atoms with Gasteiger partial charge in [0.15, 0.2) is 5.76 Å². The highest BCUT2D eigenvalue weighted by Gasteiger charge is 2.20. The molecule has 0 unspecified atom stereocenters. The van der Waals surface area contributed by atoms with E-state index < -0.39 is 5.91 Å². The van der Waals surface area contributed by atoms with Crippen LogP contribution in [0, 0.1) is 4.77 Å². The molecule has 0 radical (unpaired) electrons. The van der Waals surface area contributed by atoms with Gasteiger partial charge in [0.2, 0.25) is 4.77 Å². The first kappa shape index (κ1) is 15.3. The largest absolute Gasteiger partial charge is 0.459 e. The van der Waals surface area contributed by atoms with Crippen LogP contribution in [0.2, 0.25) is 0 Å². The van der Waals surface area contributed by atoms with E-state index in [0.717, 1.165) is 40.8 Å². The van der Waals surface area contributed by atoms with E-state index in [1.165, 1.54) is 23.6 Å². The molecule has 0 aliphatic heterocycles. The van der Waals surface area contributed by atoms with E-state index in [2.05, 4.69) is 10.4 Å². The summed E-state index contributed by atoms with van der Waals surface area (Å²) in [6, 6.07) is 3.14. The number of aromatic nitrogens is 2. The summed E-state index contributed by atoms with van der Waals surface area (Å²) in [5.41, 5.74) is 3.34. The Bertz CT molecular complexity index is 1030. The van der Waals surface area contributed by atoms with Gasteiger partial charge in [-0.05, 0) is 55.6 Å². The lowest BCUT2D eigenvalue weighted by Gasteiger charge is -2.07. The number of carbonyl (C=O) groups is 1. The van der Waals surface area contributed by atoms with Crippen molar-refractivity contribution in [3.8, 4) is 0 Å². The zero-order valence-electron chi connectivity index (χ0n) is 12.8. The van der Waals surface area contributed by atoms with E-state index in [4.69, 9.17) is 16.6 Å². The molecule has 6 nitrogen and oxygen atoms in total. The molecule has 3 aromatic heterocycles. The molecule has 4 rings (SSSR count). The van der Waals surface area contributed by atoms with Crippen molar-refractivity contribution < 1.29 is 9.21 Å². The van der Waals surface area contributed by atoms with Crippen LogP contribution in [0.5, 0.6) is 0 Å². The molecule has 0 fully saturated rings. The maximum Gasteiger partial charge on any atom is 0.305 e. The third-order valence-corrected chi connectivity index (χ3v) is 5.71. The molecule has 1 aliphatic rings. The number of rotatable bonds is 2. The molecule has 0 saturated carbocycles. The normalized spacial score (nSPS) is 14.3. The standard InChI is InChI=1S/C16H15N3O3S2/c20-13(10-6-4-8-22-10)18-19-15(21)12-9-5-2-1-3-7-11(9)24-14(12)17-16(19)23/h4,6,8H,1-3,5,7H2,(H,17,23)(H,18,20). The van der Waals surface area contributed by atoms with Crippen molar-refractivity contribution in [2.75, 3.05) is 5.43 Å². The first-order chi connectivity index (χ1) is 11.6. The van der Waals surface area contributed by atoms with E-state index in [1.807, 2.05) is 0 Å². The van der Waals surface area contributed by atoms with Gasteiger partial charge in [0.05, 0.1) is 11.6 Å². The van der Waals surface area contributed by atoms with E-state index >= 15 is 0 Å². The van der Waals surface area contributed by atoms with Crippen LogP contribution in [0.4, 0.5) is 0 Å². The van der Waals surface area contributed by atoms with Crippen molar-refractivity contribution in [1.82, 2.24) is 9.66 Å². The molecule has 1 amide bonds. The number of aromatic amines is 1. The van der Waals surface area contributed by atoms with Gasteiger partial charge in [-0.3, -0.25) is 15.0 Å². The number of fused-ring (bicyclic) bond motifs is 3. The number of hydrogen-bond donors (Lipinski definition) is 2. The molecule has 3 aromatic rings. The molecule has 3 heterocycles. The van der Waals surface area contributed by atoms with Crippen molar-refractivity contribution in [3.63, 3.8) is 0 Å². The van der Waals surface area contributed by atoms with Crippen molar-refractivity contribution >= 4 is 39.7 Å². The average Bonchev–Trinajstić information content (AvgIpc) is 3.15. The summed E-state index contributed by atoms with van der Waals surface area (Å²) in [5, 5.41) is 0.644. The Morgan fingerprint density at radius 1 is 1.33 bits per heavy atom. The molecule has 2 N–H and O–H groups in total. The lowest BCUT2D eigenvalue weighted by molar-refractivity contribution is 0.0980. The second-order valence-corrected chi connectivity index (χ2v) is 7.25. The monoisotopic (exact) mass is 361 g/mol. The molecular formula is C16H15N3O3S2. The summed E-state index contributed by atoms with van der Waals surface area (Å²) in [4.78, 5) is 30.2. The fourth-order valence-corrected chi connectivity index (χ4v) is 4.66. The van der Waals surface area contributed by atoms with E-state index in [1.54, 1.807) is 17.4 Å². The first-order valence-electron chi connectivity index (χ1n) is 7.79. The number of nitrogens with one attached hydrogen (secondary N) is 2. The quantitative estimate of drug-likeness (QED) is 0.542. The fourth-order valence-electron chi connectivity index (χ4n) is 3.08. The minimum Gasteiger partial charge on any atom is -0.459 e. The first-order valence-corrected chi connectivity index (χ1v) is 9.02. The summed E-state index contributed by atoms with van der Waals surface area (Å²) in [7, 11) is 0. The highest BCUT2D eigenvalue weighted by Crippen LogP contribution is 2.32. The van der Waals surface area contributed by atoms with Gasteiger partial charge >= 0.3 is 5.91 Å². The number of hydrogen-bond acceptors (Lipinski definition) is 5. The van der Waals surface area contributed by atoms with Gasteiger partial charge in [0, 0.05) is 4.88 Å². The van der Waals surface area contributed by atoms with Gasteiger partial charge in [0.1, 0.15) is 4.83 Å². The van der Waals surface area contributed by atoms with Gasteiger partial charge in [-0.2, -0.15) is 4.68 Å². The minimum absolute atomic E-state index is 0.126. The van der Waals surface area contributed by atoms with Crippen LogP contribution < -0.4 is 11.0 Å². The van der Waals surface area contributed by atoms with Crippen LogP contribution in [0.1, 0.15) is 40.3 Å². The molecule has 0 spiro atoms. The molecule has 0 atom stereocenters. The average molecular weight is 361 g/mol. The summed E-state index contributed by atoms with van der Waals surface area (Å²) in [5.74, 6) is -0.386. The number of thiophene rings is 1. The van der Waals surface area contributed by atoms with Crippen LogP contribution in [0.15, 0.2) is 27.6 Å². The molecule has 0 aromatic carbocycles. The van der Waals surface area contributed by atoms with Gasteiger partial charge in [-0.1, -0.05) is 6.42 Å². The third kappa shape index (κ3) is 2.51. The highest BCUT2D eigenvalue weighted by molar-refractivity contribution is 7.71. The van der Waals surface area contributed by atoms with Crippen LogP contribution in [0.3, 0.4) is 0 Å². The zero-order valence-corrected chi connectivity index (χ0v) is 14.4. The van der Waals surface area contributed by atoms with E-state index in [-0.39, 0.29) is 16.1 Å². The van der Waals surface area contributed by atoms with Crippen LogP contribution in [0.25, 0.3) is 10.2 Å². The maximum atomic E-state index is 12.9. The predicted molar refractivity (Wildman–Crippen MR) is 94.9 cm³/mol. The zero-order chi connectivity index (χ0) is 16.7. The van der Waals surface area contributed by atoms with E-state index in [0.29, 0.717) is 5.39 Å². The summed E-state index contributed by atoms with van der Waals surface area (Å²) < 4.78 is 6.33. The minimum atomic E-state index is -0.512. The summed E-state index contributed by atoms with van der Waals surface area (Å²) in [6.45, 7) is 0. The molecule has 8 heteroatoms. The Balaban J connectivity index is 1.84. The smallest absolute Gasteiger partial charge is 0.305 e. The van der Waals surface area contributed by atoms with Crippen LogP contribution in [-0.2, 0) is 12.8 Å². The maximum absolute atomic E-state index is 12.9. The lowest BCUT2D eigenvalue weighted by Crippen LogP contribution is -2.34. The Morgan fingerprint density at radius 3 is 2.96 bits per heavy atom. The molecule has 124 valence electrons. The van der Waals surface area contributed by atoms with Crippen molar-refractivity contribution in [1.29, 1.82) is 0 Å². The topological polar surface area (TPSA) is 80.0 Å². The van der Waals surface area contributed by atoms with Crippen molar-refractivity contribution in [3.05, 3.63) is 49.7 Å². The Labute approximate surface area is 146 Å². The number of furan rings is 1. The predicted octanol–water partition coefficient (Wildman–Crippen LogP) is 3.37. The van der Waals surface area contributed by atoms with Crippen molar-refractivity contribution in [2.45, 2.75) is 32.1 Å². The lowest BCUT2D eigenvalue weighted by atomic mass is 10.1. The van der Waals surface area contributed by atoms with Gasteiger partial charge in [0.25, 0.3) is 5.56 Å². The van der Waals surface area contributed by atoms with Crippen LogP contribution in [-0.4, -0.2) is 15.6 Å². The second kappa shape index (κ2) is 6.03. The van der Waals surface area contributed by atoms with Gasteiger partial charge in [-0.25, -0.2) is 0 Å². The number of H-pyrrole nitrogens is 1. The number of amides is 1. The van der Waals surface area contributed by atoms with Gasteiger partial charge in [-0.15, -0.1) is 11.3 Å². The highest BCUT2D eigenvalue weighted by atomic mass is 32.1. The number of nitrogens with zero attached hydrogens (tertiary/aromatic N) is 1. The molecule has 0 bridgehead atoms. The number of carbonyl (C=O) groups excluding carboxylic acids is 1. The Morgan fingerprint density at radius 2 is 2.17 bits per heavy atom. The summed E-state index contributed by atoms with van der Waals surface area (Å²) in [6.07, 6.45) is 6.68. The van der Waals surface area contributed by atoms with Crippen molar-refractivity contribution in [2.24, 2.45) is 0 Å². The number of aryl methyl sites for hydroxylation is 2. The summed E-state index contributed by atoms with van der Waals surface area (Å²) >= 11 is 6.85. The molecule has 1 aliphatic carbocycles. The molecular weight excluding hydrogens is 346 g/mol.